The molecule has 5 aromatic rings. The maximum Gasteiger partial charge on any atom is 0.256 e. The second-order valence-corrected chi connectivity index (χ2v) is 27.0. The lowest BCUT2D eigenvalue weighted by molar-refractivity contribution is 0.128. The molecule has 0 saturated heterocycles. The molecule has 4 nitrogen and oxygen atoms in total. The number of nitrogens with zero attached hydrogens (tertiary/aromatic N) is 4. The lowest BCUT2D eigenvalue weighted by atomic mass is 9.33. The fraction of sp³-hybridized carbons (Fsp3) is 0.562. The zero-order valence-corrected chi connectivity index (χ0v) is 45.9. The first-order chi connectivity index (χ1) is 32.4. The van der Waals surface area contributed by atoms with E-state index in [1.165, 1.54) is 113 Å². The van der Waals surface area contributed by atoms with Gasteiger partial charge in [-0.1, -0.05) is 147 Å². The molecule has 0 atom stereocenters. The van der Waals surface area contributed by atoms with Crippen molar-refractivity contribution in [1.82, 2.24) is 9.97 Å². The van der Waals surface area contributed by atoms with Gasteiger partial charge in [-0.3, -0.25) is 9.80 Å². The quantitative estimate of drug-likeness (QED) is 0.149. The van der Waals surface area contributed by atoms with Crippen molar-refractivity contribution in [3.05, 3.63) is 112 Å². The van der Waals surface area contributed by atoms with Gasteiger partial charge in [0.15, 0.2) is 0 Å². The fourth-order valence-electron chi connectivity index (χ4n) is 13.9. The highest BCUT2D eigenvalue weighted by atomic mass is 15.3. The summed E-state index contributed by atoms with van der Waals surface area (Å²) < 4.78 is 0. The first-order valence-electron chi connectivity index (χ1n) is 27.5. The number of fused-ring (bicyclic) bond motifs is 8. The first-order valence-corrected chi connectivity index (χ1v) is 27.5. The van der Waals surface area contributed by atoms with Crippen molar-refractivity contribution in [2.24, 2.45) is 5.92 Å². The number of benzene rings is 4. The van der Waals surface area contributed by atoms with E-state index in [2.05, 4.69) is 193 Å². The summed E-state index contributed by atoms with van der Waals surface area (Å²) in [6, 6.07) is 30.0. The Morgan fingerprint density at radius 3 is 1.41 bits per heavy atom. The van der Waals surface area contributed by atoms with Crippen molar-refractivity contribution in [1.29, 1.82) is 0 Å². The van der Waals surface area contributed by atoms with Gasteiger partial charge in [-0.25, -0.2) is 9.97 Å². The zero-order valence-electron chi connectivity index (χ0n) is 45.9. The minimum absolute atomic E-state index is 0.0268. The van der Waals surface area contributed by atoms with Gasteiger partial charge in [0.05, 0.1) is 0 Å². The third kappa shape index (κ3) is 7.66. The topological polar surface area (TPSA) is 32.3 Å². The molecule has 2 aliphatic heterocycles. The van der Waals surface area contributed by atoms with E-state index >= 15 is 0 Å². The molecule has 4 aliphatic carbocycles. The Kier molecular flexibility index (Phi) is 11.4. The summed E-state index contributed by atoms with van der Waals surface area (Å²) in [6.45, 7) is 38.2. The summed E-state index contributed by atoms with van der Waals surface area (Å²) in [4.78, 5) is 17.5. The maximum absolute atomic E-state index is 6.19. The van der Waals surface area contributed by atoms with Gasteiger partial charge in [0.2, 0.25) is 0 Å². The van der Waals surface area contributed by atoms with Gasteiger partial charge in [0, 0.05) is 33.6 Å². The second kappa shape index (κ2) is 16.3. The third-order valence-electron chi connectivity index (χ3n) is 19.2. The Morgan fingerprint density at radius 2 is 0.928 bits per heavy atom. The van der Waals surface area contributed by atoms with Crippen LogP contribution in [0.3, 0.4) is 0 Å². The summed E-state index contributed by atoms with van der Waals surface area (Å²) >= 11 is 0. The molecule has 4 aromatic carbocycles. The van der Waals surface area contributed by atoms with Gasteiger partial charge in [0.1, 0.15) is 17.5 Å². The van der Waals surface area contributed by atoms with Gasteiger partial charge < -0.3 is 0 Å². The molecule has 1 aromatic heterocycles. The second-order valence-electron chi connectivity index (χ2n) is 27.0. The maximum atomic E-state index is 6.19. The number of aromatic nitrogens is 2. The van der Waals surface area contributed by atoms with E-state index in [1.54, 1.807) is 11.1 Å². The van der Waals surface area contributed by atoms with Crippen molar-refractivity contribution in [3.63, 3.8) is 0 Å². The summed E-state index contributed by atoms with van der Waals surface area (Å²) in [5, 5.41) is 0. The van der Waals surface area contributed by atoms with Crippen molar-refractivity contribution < 1.29 is 0 Å². The molecule has 6 aliphatic rings. The lowest BCUT2D eigenvalue weighted by Crippen LogP contribution is -2.63. The largest absolute Gasteiger partial charge is 0.296 e. The zero-order chi connectivity index (χ0) is 49.4. The molecule has 364 valence electrons. The van der Waals surface area contributed by atoms with Crippen LogP contribution in [0.15, 0.2) is 72.8 Å². The van der Waals surface area contributed by atoms with E-state index in [0.717, 1.165) is 49.1 Å². The average Bonchev–Trinajstić information content (AvgIpc) is 3.32. The molecule has 69 heavy (non-hydrogen) atoms. The number of anilines is 6. The van der Waals surface area contributed by atoms with Gasteiger partial charge in [-0.15, -0.1) is 0 Å². The van der Waals surface area contributed by atoms with Crippen molar-refractivity contribution in [2.45, 2.75) is 226 Å². The van der Waals surface area contributed by atoms with E-state index in [0.29, 0.717) is 0 Å². The minimum atomic E-state index is -0.0529. The van der Waals surface area contributed by atoms with Crippen LogP contribution >= 0.6 is 0 Å². The molecule has 0 spiro atoms. The van der Waals surface area contributed by atoms with Crippen LogP contribution in [0.25, 0.3) is 0 Å². The Labute approximate surface area is 419 Å². The number of hydrogen-bond acceptors (Lipinski definition) is 4. The molecule has 11 rings (SSSR count). The molecule has 3 saturated carbocycles. The van der Waals surface area contributed by atoms with Crippen molar-refractivity contribution in [2.75, 3.05) is 9.80 Å². The van der Waals surface area contributed by atoms with E-state index in [1.807, 2.05) is 0 Å². The predicted molar refractivity (Wildman–Crippen MR) is 297 cm³/mol. The highest BCUT2D eigenvalue weighted by Gasteiger charge is 2.52. The normalized spacial score (nSPS) is 21.4. The van der Waals surface area contributed by atoms with Crippen LogP contribution in [0.5, 0.6) is 0 Å². The van der Waals surface area contributed by atoms with Crippen molar-refractivity contribution >= 4 is 57.5 Å². The smallest absolute Gasteiger partial charge is 0.256 e. The molecular weight excluding hydrogens is 836 g/mol. The van der Waals surface area contributed by atoms with Crippen LogP contribution in [0.2, 0.25) is 0 Å². The van der Waals surface area contributed by atoms with Gasteiger partial charge in [-0.2, -0.15) is 0 Å². The molecular formula is C64H85BN4. The van der Waals surface area contributed by atoms with Crippen LogP contribution in [-0.2, 0) is 37.9 Å². The van der Waals surface area contributed by atoms with E-state index in [9.17, 15) is 0 Å². The molecule has 2 bridgehead atoms. The molecule has 0 N–H and O–H groups in total. The minimum Gasteiger partial charge on any atom is -0.296 e. The Hall–Kier alpha value is -4.38. The fourth-order valence-corrected chi connectivity index (χ4v) is 13.9. The van der Waals surface area contributed by atoms with Crippen LogP contribution in [0, 0.1) is 5.92 Å². The summed E-state index contributed by atoms with van der Waals surface area (Å²) in [5.41, 5.74) is 17.8. The third-order valence-corrected chi connectivity index (χ3v) is 19.2. The van der Waals surface area contributed by atoms with Crippen LogP contribution in [0.1, 0.15) is 227 Å². The summed E-state index contributed by atoms with van der Waals surface area (Å²) in [6.07, 6.45) is 14.4. The molecule has 0 unspecified atom stereocenters. The monoisotopic (exact) mass is 921 g/mol. The van der Waals surface area contributed by atoms with Gasteiger partial charge in [-0.05, 0) is 196 Å². The molecule has 3 fully saturated rings. The standard InChI is InChI=1S/C64H85BN4/c1-17-62(18-2)33-34-63(19-3,20-4)49-40-53-51(39-48(49)62)65-50-38-43(59(8,9)10)23-26-52(50)68(46-24-21-42(22-25-46)58(5,6)7)55-54(65)56(67-57(66-55)64-30-27-41(28-31-64)29-32-64)69(53)47-36-44(60(11,12)13)35-45(37-47)61(14,15)16/h21-26,35-41H,17-20,27-34H2,1-16H3. The summed E-state index contributed by atoms with van der Waals surface area (Å²) in [5.74, 6) is 4.08. The SMILES string of the molecule is CCC1(CC)CCC(CC)(CC)c2cc3c(cc21)B1c2cc(C(C)(C)C)ccc2N(c2ccc(C(C)(C)C)cc2)c2nc(C45CCC(CC4)CC5)nc(c21)N3c1cc(C(C)(C)C)cc(C(C)(C)C)c1. The predicted octanol–water partition coefficient (Wildman–Crippen LogP) is 15.9. The molecule has 0 amide bonds. The average molecular weight is 921 g/mol. The van der Waals surface area contributed by atoms with E-state index < -0.39 is 0 Å². The highest BCUT2D eigenvalue weighted by molar-refractivity contribution is 7.00. The van der Waals surface area contributed by atoms with Crippen LogP contribution < -0.4 is 26.2 Å². The Balaban J connectivity index is 1.39. The summed E-state index contributed by atoms with van der Waals surface area (Å²) in [7, 11) is 0. The molecule has 0 radical (unpaired) electrons. The van der Waals surface area contributed by atoms with E-state index in [4.69, 9.17) is 9.97 Å². The van der Waals surface area contributed by atoms with Crippen molar-refractivity contribution in [3.8, 4) is 0 Å². The molecule has 3 heterocycles. The van der Waals surface area contributed by atoms with Crippen LogP contribution in [-0.4, -0.2) is 16.7 Å². The number of rotatable bonds is 7. The number of hydrogen-bond donors (Lipinski definition) is 0. The van der Waals surface area contributed by atoms with E-state index in [-0.39, 0.29) is 44.6 Å². The first kappa shape index (κ1) is 48.3. The highest BCUT2D eigenvalue weighted by Crippen LogP contribution is 2.56. The Morgan fingerprint density at radius 1 is 0.478 bits per heavy atom. The lowest BCUT2D eigenvalue weighted by Gasteiger charge is -2.50. The van der Waals surface area contributed by atoms with Gasteiger partial charge >= 0.3 is 0 Å². The Bertz CT molecular complexity index is 2740. The van der Waals surface area contributed by atoms with Gasteiger partial charge in [0.25, 0.3) is 6.71 Å². The van der Waals surface area contributed by atoms with Crippen LogP contribution in [0.4, 0.5) is 34.4 Å². The molecule has 5 heteroatoms.